The molecule has 1 aromatic rings. The van der Waals surface area contributed by atoms with Gasteiger partial charge in [-0.3, -0.25) is 4.79 Å². The van der Waals surface area contributed by atoms with E-state index >= 15 is 0 Å². The minimum atomic E-state index is -0.315. The largest absolute Gasteiger partial charge is 0.465 e. The summed E-state index contributed by atoms with van der Waals surface area (Å²) in [6.07, 6.45) is 0.826. The van der Waals surface area contributed by atoms with Crippen LogP contribution in [0.5, 0.6) is 0 Å². The van der Waals surface area contributed by atoms with Crippen molar-refractivity contribution in [2.45, 2.75) is 40.7 Å². The van der Waals surface area contributed by atoms with Crippen LogP contribution in [-0.2, 0) is 22.5 Å². The lowest BCUT2D eigenvalue weighted by molar-refractivity contribution is -0.144. The van der Waals surface area contributed by atoms with Crippen molar-refractivity contribution in [2.24, 2.45) is 5.41 Å². The Hall–Kier alpha value is -1.52. The maximum Gasteiger partial charge on any atom is 0.327 e. The summed E-state index contributed by atoms with van der Waals surface area (Å²) in [5.41, 5.74) is 6.85. The van der Waals surface area contributed by atoms with Crippen molar-refractivity contribution in [1.29, 1.82) is 0 Å². The van der Waals surface area contributed by atoms with Crippen LogP contribution in [0.25, 0.3) is 0 Å². The Bertz CT molecular complexity index is 391. The molecule has 1 rings (SSSR count). The Morgan fingerprint density at radius 2 is 2.18 bits per heavy atom. The topological polar surface area (TPSA) is 70.1 Å². The lowest BCUT2D eigenvalue weighted by Crippen LogP contribution is -2.16. The maximum atomic E-state index is 11.3. The van der Waals surface area contributed by atoms with Gasteiger partial charge in [0.2, 0.25) is 0 Å². The Morgan fingerprint density at radius 3 is 2.71 bits per heavy atom. The second kappa shape index (κ2) is 5.21. The molecule has 5 nitrogen and oxygen atoms in total. The highest BCUT2D eigenvalue weighted by Gasteiger charge is 2.16. The van der Waals surface area contributed by atoms with E-state index in [0.717, 1.165) is 12.1 Å². The summed E-state index contributed by atoms with van der Waals surface area (Å²) in [6.45, 7) is 8.61. The average Bonchev–Trinajstić information content (AvgIpc) is 2.43. The lowest BCUT2D eigenvalue weighted by atomic mass is 9.91. The summed E-state index contributed by atoms with van der Waals surface area (Å²) in [4.78, 5) is 11.3. The molecule has 0 amide bonds. The molecule has 0 saturated carbocycles. The van der Waals surface area contributed by atoms with Crippen LogP contribution in [0.15, 0.2) is 6.07 Å². The molecule has 0 radical (unpaired) electrons. The zero-order chi connectivity index (χ0) is 13.1. The maximum absolute atomic E-state index is 11.3. The minimum absolute atomic E-state index is 0.0732. The van der Waals surface area contributed by atoms with Gasteiger partial charge in [-0.15, -0.1) is 0 Å². The second-order valence-corrected chi connectivity index (χ2v) is 5.26. The second-order valence-electron chi connectivity index (χ2n) is 5.26. The molecule has 0 unspecified atom stereocenters. The van der Waals surface area contributed by atoms with E-state index in [1.165, 1.54) is 4.68 Å². The first kappa shape index (κ1) is 13.5. The van der Waals surface area contributed by atoms with Gasteiger partial charge in [-0.05, 0) is 18.8 Å². The molecule has 2 N–H and O–H groups in total. The highest BCUT2D eigenvalue weighted by molar-refractivity contribution is 5.69. The van der Waals surface area contributed by atoms with Crippen LogP contribution in [0.3, 0.4) is 0 Å². The normalized spacial score (nSPS) is 11.5. The Kier molecular flexibility index (Phi) is 4.15. The van der Waals surface area contributed by atoms with Gasteiger partial charge in [0.15, 0.2) is 0 Å². The number of hydrogen-bond acceptors (Lipinski definition) is 4. The number of carbonyl (C=O) groups excluding carboxylic acids is 1. The van der Waals surface area contributed by atoms with Crippen LogP contribution in [0.4, 0.5) is 5.82 Å². The van der Waals surface area contributed by atoms with Gasteiger partial charge in [0, 0.05) is 6.07 Å². The monoisotopic (exact) mass is 239 g/mol. The number of nitrogens with two attached hydrogens (primary N) is 1. The summed E-state index contributed by atoms with van der Waals surface area (Å²) in [7, 11) is 0. The molecule has 1 heterocycles. The van der Waals surface area contributed by atoms with E-state index in [0.29, 0.717) is 12.4 Å². The SMILES string of the molecule is CCOC(=O)Cn1nc(CC(C)(C)C)cc1N. The number of aromatic nitrogens is 2. The lowest BCUT2D eigenvalue weighted by Gasteiger charge is -2.15. The third-order valence-corrected chi connectivity index (χ3v) is 2.16. The van der Waals surface area contributed by atoms with Crippen molar-refractivity contribution in [2.75, 3.05) is 12.3 Å². The minimum Gasteiger partial charge on any atom is -0.465 e. The third-order valence-electron chi connectivity index (χ3n) is 2.16. The summed E-state index contributed by atoms with van der Waals surface area (Å²) in [5, 5.41) is 4.31. The Morgan fingerprint density at radius 1 is 1.53 bits per heavy atom. The molecule has 0 saturated heterocycles. The van der Waals surface area contributed by atoms with Crippen LogP contribution in [0.1, 0.15) is 33.4 Å². The first-order chi connectivity index (χ1) is 7.81. The number of ether oxygens (including phenoxy) is 1. The molecule has 17 heavy (non-hydrogen) atoms. The zero-order valence-corrected chi connectivity index (χ0v) is 11.0. The van der Waals surface area contributed by atoms with E-state index in [1.807, 2.05) is 6.07 Å². The number of carbonyl (C=O) groups is 1. The summed E-state index contributed by atoms with van der Waals surface area (Å²) in [5.74, 6) is 0.182. The molecule has 0 aliphatic heterocycles. The van der Waals surface area contributed by atoms with E-state index in [1.54, 1.807) is 6.92 Å². The van der Waals surface area contributed by atoms with E-state index in [9.17, 15) is 4.79 Å². The Balaban J connectivity index is 2.72. The van der Waals surface area contributed by atoms with Gasteiger partial charge in [0.25, 0.3) is 0 Å². The fourth-order valence-corrected chi connectivity index (χ4v) is 1.57. The first-order valence-electron chi connectivity index (χ1n) is 5.79. The molecular formula is C12H21N3O2. The molecule has 96 valence electrons. The van der Waals surface area contributed by atoms with Gasteiger partial charge in [-0.2, -0.15) is 5.10 Å². The molecule has 0 fully saturated rings. The summed E-state index contributed by atoms with van der Waals surface area (Å²) >= 11 is 0. The Labute approximate surface area is 102 Å². The first-order valence-corrected chi connectivity index (χ1v) is 5.79. The number of nitrogens with zero attached hydrogens (tertiary/aromatic N) is 2. The molecular weight excluding hydrogens is 218 g/mol. The van der Waals surface area contributed by atoms with Crippen LogP contribution in [0.2, 0.25) is 0 Å². The number of rotatable bonds is 4. The fraction of sp³-hybridized carbons (Fsp3) is 0.667. The number of anilines is 1. The van der Waals surface area contributed by atoms with Crippen LogP contribution >= 0.6 is 0 Å². The van der Waals surface area contributed by atoms with Crippen molar-refractivity contribution in [3.8, 4) is 0 Å². The molecule has 5 heteroatoms. The van der Waals surface area contributed by atoms with Crippen LogP contribution in [-0.4, -0.2) is 22.4 Å². The average molecular weight is 239 g/mol. The molecule has 0 bridgehead atoms. The molecule has 0 atom stereocenters. The fourth-order valence-electron chi connectivity index (χ4n) is 1.57. The van der Waals surface area contributed by atoms with Crippen molar-refractivity contribution in [1.82, 2.24) is 9.78 Å². The number of nitrogen functional groups attached to an aromatic ring is 1. The molecule has 0 aliphatic carbocycles. The highest BCUT2D eigenvalue weighted by Crippen LogP contribution is 2.20. The standard InChI is InChI=1S/C12H21N3O2/c1-5-17-11(16)8-15-10(13)6-9(14-15)7-12(2,3)4/h6H,5,7-8,13H2,1-4H3. The van der Waals surface area contributed by atoms with Crippen molar-refractivity contribution >= 4 is 11.8 Å². The number of hydrogen-bond donors (Lipinski definition) is 1. The van der Waals surface area contributed by atoms with E-state index < -0.39 is 0 Å². The van der Waals surface area contributed by atoms with Crippen LogP contribution < -0.4 is 5.73 Å². The zero-order valence-electron chi connectivity index (χ0n) is 11.0. The van der Waals surface area contributed by atoms with Gasteiger partial charge in [-0.1, -0.05) is 20.8 Å². The van der Waals surface area contributed by atoms with Crippen molar-refractivity contribution in [3.05, 3.63) is 11.8 Å². The van der Waals surface area contributed by atoms with Gasteiger partial charge < -0.3 is 10.5 Å². The smallest absolute Gasteiger partial charge is 0.327 e. The van der Waals surface area contributed by atoms with Gasteiger partial charge in [0.05, 0.1) is 12.3 Å². The molecule has 0 aromatic carbocycles. The molecule has 0 spiro atoms. The highest BCUT2D eigenvalue weighted by atomic mass is 16.5. The van der Waals surface area contributed by atoms with Gasteiger partial charge in [-0.25, -0.2) is 4.68 Å². The van der Waals surface area contributed by atoms with E-state index in [4.69, 9.17) is 10.5 Å². The summed E-state index contributed by atoms with van der Waals surface area (Å²) < 4.78 is 6.34. The van der Waals surface area contributed by atoms with Crippen LogP contribution in [0, 0.1) is 5.41 Å². The predicted molar refractivity (Wildman–Crippen MR) is 66.4 cm³/mol. The molecule has 1 aromatic heterocycles. The van der Waals surface area contributed by atoms with E-state index in [-0.39, 0.29) is 17.9 Å². The van der Waals surface area contributed by atoms with Gasteiger partial charge >= 0.3 is 5.97 Å². The van der Waals surface area contributed by atoms with Crippen molar-refractivity contribution < 1.29 is 9.53 Å². The third kappa shape index (κ3) is 4.46. The van der Waals surface area contributed by atoms with Gasteiger partial charge in [0.1, 0.15) is 12.4 Å². The number of esters is 1. The predicted octanol–water partition coefficient (Wildman–Crippen LogP) is 1.62. The summed E-state index contributed by atoms with van der Waals surface area (Å²) in [6, 6.07) is 1.81. The van der Waals surface area contributed by atoms with E-state index in [2.05, 4.69) is 25.9 Å². The quantitative estimate of drug-likeness (QED) is 0.810. The molecule has 0 aliphatic rings. The van der Waals surface area contributed by atoms with Crippen molar-refractivity contribution in [3.63, 3.8) is 0 Å².